The highest BCUT2D eigenvalue weighted by Gasteiger charge is 2.26. The van der Waals surface area contributed by atoms with Gasteiger partial charge in [0.05, 0.1) is 17.8 Å². The van der Waals surface area contributed by atoms with Crippen LogP contribution in [0, 0.1) is 13.8 Å². The Labute approximate surface area is 176 Å². The number of hydrogen-bond acceptors (Lipinski definition) is 4. The molecule has 0 aliphatic heterocycles. The molecule has 2 aromatic heterocycles. The topological polar surface area (TPSA) is 62.0 Å². The minimum absolute atomic E-state index is 0.0246. The highest BCUT2D eigenvalue weighted by atomic mass is 32.1. The summed E-state index contributed by atoms with van der Waals surface area (Å²) in [6.45, 7) is 9.22. The van der Waals surface area contributed by atoms with Crippen molar-refractivity contribution in [1.82, 2.24) is 10.3 Å². The first-order chi connectivity index (χ1) is 13.8. The predicted molar refractivity (Wildman–Crippen MR) is 119 cm³/mol. The van der Waals surface area contributed by atoms with Gasteiger partial charge in [-0.2, -0.15) is 0 Å². The molecule has 152 valence electrons. The van der Waals surface area contributed by atoms with Gasteiger partial charge < -0.3 is 4.98 Å². The molecule has 0 bridgehead atoms. The number of aromatic nitrogens is 1. The second-order valence-electron chi connectivity index (χ2n) is 7.48. The largest absolute Gasteiger partial charge is 0.355 e. The molecule has 0 radical (unpaired) electrons. The van der Waals surface area contributed by atoms with E-state index in [9.17, 15) is 9.59 Å². The molecule has 0 fully saturated rings. The average molecular weight is 409 g/mol. The van der Waals surface area contributed by atoms with Crippen LogP contribution in [0.4, 0.5) is 0 Å². The van der Waals surface area contributed by atoms with E-state index in [4.69, 9.17) is 0 Å². The van der Waals surface area contributed by atoms with Gasteiger partial charge in [0.1, 0.15) is 0 Å². The second-order valence-corrected chi connectivity index (χ2v) is 8.46. The van der Waals surface area contributed by atoms with Gasteiger partial charge >= 0.3 is 0 Å². The van der Waals surface area contributed by atoms with Crippen LogP contribution >= 0.6 is 11.3 Å². The number of aryl methyl sites for hydroxylation is 2. The lowest BCUT2D eigenvalue weighted by Gasteiger charge is -2.22. The smallest absolute Gasteiger partial charge is 0.195 e. The number of hydrogen-bond donors (Lipinski definition) is 2. The van der Waals surface area contributed by atoms with Crippen molar-refractivity contribution < 1.29 is 9.59 Å². The van der Waals surface area contributed by atoms with Crippen molar-refractivity contribution in [2.75, 3.05) is 0 Å². The van der Waals surface area contributed by atoms with E-state index in [1.54, 1.807) is 11.3 Å². The minimum atomic E-state index is -0.412. The molecule has 0 spiro atoms. The molecule has 3 rings (SSSR count). The fourth-order valence-corrected chi connectivity index (χ4v) is 4.62. The molecule has 0 saturated heterocycles. The monoisotopic (exact) mass is 408 g/mol. The summed E-state index contributed by atoms with van der Waals surface area (Å²) in [6.07, 6.45) is 0.996. The summed E-state index contributed by atoms with van der Waals surface area (Å²) in [6, 6.07) is 12.2. The standard InChI is InChI=1S/C24H28N2O2S/c1-6-18-9-11-19(12-10-18)23(20-8-7-13-29-20)26-16(4)24(28)22-14(2)21(17(5)27)15(3)25-22/h7-13,16,23,25-26H,6H2,1-5H3/t16-,23+/m1/s1. The maximum absolute atomic E-state index is 13.2. The normalized spacial score (nSPS) is 13.3. The number of thiophene rings is 1. The van der Waals surface area contributed by atoms with E-state index in [-0.39, 0.29) is 17.6 Å². The molecule has 2 heterocycles. The maximum Gasteiger partial charge on any atom is 0.195 e. The fraction of sp³-hybridized carbons (Fsp3) is 0.333. The number of nitrogens with one attached hydrogen (secondary N) is 2. The molecule has 4 nitrogen and oxygen atoms in total. The predicted octanol–water partition coefficient (Wildman–Crippen LogP) is 5.41. The molecule has 0 unspecified atom stereocenters. The van der Waals surface area contributed by atoms with Crippen LogP contribution in [0.15, 0.2) is 41.8 Å². The number of carbonyl (C=O) groups excluding carboxylic acids is 2. The van der Waals surface area contributed by atoms with Gasteiger partial charge in [-0.1, -0.05) is 37.3 Å². The Morgan fingerprint density at radius 2 is 1.83 bits per heavy atom. The van der Waals surface area contributed by atoms with Gasteiger partial charge in [-0.25, -0.2) is 0 Å². The van der Waals surface area contributed by atoms with Crippen LogP contribution in [-0.4, -0.2) is 22.6 Å². The summed E-state index contributed by atoms with van der Waals surface area (Å²) in [5, 5.41) is 5.56. The first kappa shape index (κ1) is 21.2. The Balaban J connectivity index is 1.89. The van der Waals surface area contributed by atoms with E-state index in [1.807, 2.05) is 26.8 Å². The summed E-state index contributed by atoms with van der Waals surface area (Å²) in [4.78, 5) is 29.4. The first-order valence-electron chi connectivity index (χ1n) is 9.96. The zero-order valence-electron chi connectivity index (χ0n) is 17.6. The molecule has 0 aliphatic rings. The summed E-state index contributed by atoms with van der Waals surface area (Å²) in [7, 11) is 0. The number of benzene rings is 1. The molecular weight excluding hydrogens is 380 g/mol. The van der Waals surface area contributed by atoms with Gasteiger partial charge in [-0.15, -0.1) is 11.3 Å². The Bertz CT molecular complexity index is 1000. The number of ketones is 2. The van der Waals surface area contributed by atoms with E-state index in [0.29, 0.717) is 11.3 Å². The van der Waals surface area contributed by atoms with E-state index in [1.165, 1.54) is 12.5 Å². The molecule has 5 heteroatoms. The molecular formula is C24H28N2O2S. The Hall–Kier alpha value is -2.50. The highest BCUT2D eigenvalue weighted by molar-refractivity contribution is 7.10. The lowest BCUT2D eigenvalue weighted by Crippen LogP contribution is -2.37. The molecule has 1 aromatic carbocycles. The lowest BCUT2D eigenvalue weighted by molar-refractivity contribution is 0.0942. The van der Waals surface area contributed by atoms with Gasteiger partial charge in [0, 0.05) is 16.1 Å². The van der Waals surface area contributed by atoms with Gasteiger partial charge in [-0.05, 0) is 62.3 Å². The summed E-state index contributed by atoms with van der Waals surface area (Å²) < 4.78 is 0. The quantitative estimate of drug-likeness (QED) is 0.490. The van der Waals surface area contributed by atoms with Crippen molar-refractivity contribution in [2.24, 2.45) is 0 Å². The molecule has 2 N–H and O–H groups in total. The van der Waals surface area contributed by atoms with Crippen molar-refractivity contribution in [3.63, 3.8) is 0 Å². The van der Waals surface area contributed by atoms with Gasteiger partial charge in [0.25, 0.3) is 0 Å². The molecule has 0 amide bonds. The van der Waals surface area contributed by atoms with Crippen LogP contribution in [0.5, 0.6) is 0 Å². The highest BCUT2D eigenvalue weighted by Crippen LogP contribution is 2.28. The van der Waals surface area contributed by atoms with Crippen LogP contribution in [0.25, 0.3) is 0 Å². The average Bonchev–Trinajstić information content (AvgIpc) is 3.33. The first-order valence-corrected chi connectivity index (χ1v) is 10.8. The Kier molecular flexibility index (Phi) is 6.50. The zero-order valence-corrected chi connectivity index (χ0v) is 18.4. The van der Waals surface area contributed by atoms with Crippen LogP contribution in [0.3, 0.4) is 0 Å². The summed E-state index contributed by atoms with van der Waals surface area (Å²) in [5.41, 5.74) is 5.03. The van der Waals surface area contributed by atoms with Crippen LogP contribution in [0.2, 0.25) is 0 Å². The van der Waals surface area contributed by atoms with Gasteiger partial charge in [-0.3, -0.25) is 14.9 Å². The SMILES string of the molecule is CCc1ccc([C@H](N[C@H](C)C(=O)c2[nH]c(C)c(C(C)=O)c2C)c2cccs2)cc1. The van der Waals surface area contributed by atoms with Gasteiger partial charge in [0.2, 0.25) is 0 Å². The van der Waals surface area contributed by atoms with E-state index < -0.39 is 6.04 Å². The van der Waals surface area contributed by atoms with E-state index in [0.717, 1.165) is 28.1 Å². The van der Waals surface area contributed by atoms with Crippen molar-refractivity contribution >= 4 is 22.9 Å². The van der Waals surface area contributed by atoms with E-state index in [2.05, 4.69) is 52.9 Å². The van der Waals surface area contributed by atoms with Crippen molar-refractivity contribution in [2.45, 2.75) is 53.1 Å². The van der Waals surface area contributed by atoms with Crippen molar-refractivity contribution in [3.8, 4) is 0 Å². The minimum Gasteiger partial charge on any atom is -0.355 e. The Morgan fingerprint density at radius 1 is 1.14 bits per heavy atom. The molecule has 0 saturated carbocycles. The molecule has 0 aliphatic carbocycles. The number of H-pyrrole nitrogens is 1. The van der Waals surface area contributed by atoms with Gasteiger partial charge in [0.15, 0.2) is 11.6 Å². The van der Waals surface area contributed by atoms with E-state index >= 15 is 0 Å². The number of aromatic amines is 1. The lowest BCUT2D eigenvalue weighted by atomic mass is 9.99. The van der Waals surface area contributed by atoms with Crippen molar-refractivity contribution in [1.29, 1.82) is 0 Å². The zero-order chi connectivity index (χ0) is 21.1. The fourth-order valence-electron chi connectivity index (χ4n) is 3.81. The van der Waals surface area contributed by atoms with Crippen molar-refractivity contribution in [3.05, 3.63) is 80.3 Å². The second kappa shape index (κ2) is 8.89. The number of carbonyl (C=O) groups is 2. The van der Waals surface area contributed by atoms with Crippen LogP contribution < -0.4 is 5.32 Å². The summed E-state index contributed by atoms with van der Waals surface area (Å²) >= 11 is 1.67. The number of Topliss-reactive ketones (excluding diaryl/α,β-unsaturated/α-hetero) is 2. The molecule has 3 aromatic rings. The maximum atomic E-state index is 13.2. The molecule has 29 heavy (non-hydrogen) atoms. The molecule has 2 atom stereocenters. The van der Waals surface area contributed by atoms with Crippen LogP contribution in [0.1, 0.15) is 74.9 Å². The third-order valence-corrected chi connectivity index (χ3v) is 6.33. The third kappa shape index (κ3) is 4.41. The number of rotatable bonds is 8. The third-order valence-electron chi connectivity index (χ3n) is 5.39. The Morgan fingerprint density at radius 3 is 2.34 bits per heavy atom. The summed E-state index contributed by atoms with van der Waals surface area (Å²) in [5.74, 6) is -0.0618. The van der Waals surface area contributed by atoms with Crippen LogP contribution in [-0.2, 0) is 6.42 Å².